The molecule has 0 aliphatic carbocycles. The fraction of sp³-hybridized carbons (Fsp3) is 0.222. The van der Waals surface area contributed by atoms with Gasteiger partial charge >= 0.3 is 0 Å². The quantitative estimate of drug-likeness (QED) is 0.609. The molecule has 0 aliphatic heterocycles. The molecule has 0 amide bonds. The van der Waals surface area contributed by atoms with Gasteiger partial charge in [-0.05, 0) is 37.2 Å². The molecule has 3 aromatic rings. The first-order valence-electron chi connectivity index (χ1n) is 7.85. The number of hydrogen-bond donors (Lipinski definition) is 2. The highest BCUT2D eigenvalue weighted by Crippen LogP contribution is 2.37. The van der Waals surface area contributed by atoms with Crippen LogP contribution in [0.1, 0.15) is 0 Å². The van der Waals surface area contributed by atoms with Crippen molar-refractivity contribution < 1.29 is 14.2 Å². The van der Waals surface area contributed by atoms with Crippen LogP contribution in [-0.2, 0) is 0 Å². The van der Waals surface area contributed by atoms with E-state index >= 15 is 0 Å². The molecule has 0 spiro atoms. The first kappa shape index (κ1) is 18.1. The minimum Gasteiger partial charge on any atom is -0.497 e. The molecule has 0 fully saturated rings. The molecule has 1 aromatic heterocycles. The SMILES string of the molecule is CNSc1ccc(OC)c(Nc2ncnc3cc(OC)cc(OC)c23)c1. The van der Waals surface area contributed by atoms with Crippen LogP contribution in [0, 0.1) is 0 Å². The van der Waals surface area contributed by atoms with Gasteiger partial charge in [-0.25, -0.2) is 9.97 Å². The molecule has 2 N–H and O–H groups in total. The summed E-state index contributed by atoms with van der Waals surface area (Å²) >= 11 is 1.52. The van der Waals surface area contributed by atoms with Gasteiger partial charge in [0, 0.05) is 17.0 Å². The zero-order chi connectivity index (χ0) is 18.5. The van der Waals surface area contributed by atoms with Crippen LogP contribution in [-0.4, -0.2) is 38.3 Å². The summed E-state index contributed by atoms with van der Waals surface area (Å²) in [7, 11) is 6.72. The predicted octanol–water partition coefficient (Wildman–Crippen LogP) is 3.63. The third-order valence-corrected chi connectivity index (χ3v) is 4.47. The summed E-state index contributed by atoms with van der Waals surface area (Å²) in [4.78, 5) is 9.77. The minimum absolute atomic E-state index is 0.624. The number of ether oxygens (including phenoxy) is 3. The fourth-order valence-corrected chi connectivity index (χ4v) is 3.15. The average Bonchev–Trinajstić information content (AvgIpc) is 2.67. The van der Waals surface area contributed by atoms with Gasteiger partial charge in [0.25, 0.3) is 0 Å². The molecule has 136 valence electrons. The van der Waals surface area contributed by atoms with E-state index in [1.54, 1.807) is 27.4 Å². The highest BCUT2D eigenvalue weighted by atomic mass is 32.2. The van der Waals surface area contributed by atoms with Crippen molar-refractivity contribution in [2.75, 3.05) is 33.7 Å². The molecule has 8 heteroatoms. The van der Waals surface area contributed by atoms with Crippen LogP contribution in [0.25, 0.3) is 10.9 Å². The van der Waals surface area contributed by atoms with E-state index < -0.39 is 0 Å². The van der Waals surface area contributed by atoms with Crippen LogP contribution < -0.4 is 24.2 Å². The molecule has 0 bridgehead atoms. The van der Waals surface area contributed by atoms with Crippen molar-refractivity contribution in [3.05, 3.63) is 36.7 Å². The predicted molar refractivity (Wildman–Crippen MR) is 104 cm³/mol. The van der Waals surface area contributed by atoms with Gasteiger partial charge in [-0.1, -0.05) is 0 Å². The van der Waals surface area contributed by atoms with Crippen LogP contribution in [0.15, 0.2) is 41.6 Å². The molecular formula is C18H20N4O3S. The number of nitrogens with one attached hydrogen (secondary N) is 2. The number of methoxy groups -OCH3 is 3. The maximum absolute atomic E-state index is 5.52. The van der Waals surface area contributed by atoms with Crippen molar-refractivity contribution >= 4 is 34.4 Å². The molecule has 0 atom stereocenters. The Balaban J connectivity index is 2.10. The molecule has 0 radical (unpaired) electrons. The molecule has 7 nitrogen and oxygen atoms in total. The van der Waals surface area contributed by atoms with Crippen LogP contribution in [0.2, 0.25) is 0 Å². The summed E-state index contributed by atoms with van der Waals surface area (Å²) < 4.78 is 19.4. The van der Waals surface area contributed by atoms with E-state index in [1.807, 2.05) is 31.3 Å². The molecule has 0 saturated heterocycles. The molecule has 0 saturated carbocycles. The van der Waals surface area contributed by atoms with E-state index in [9.17, 15) is 0 Å². The van der Waals surface area contributed by atoms with Gasteiger partial charge in [0.2, 0.25) is 0 Å². The molecule has 1 heterocycles. The van der Waals surface area contributed by atoms with Crippen LogP contribution in [0.5, 0.6) is 17.2 Å². The smallest absolute Gasteiger partial charge is 0.145 e. The maximum Gasteiger partial charge on any atom is 0.145 e. The second kappa shape index (κ2) is 8.11. The number of nitrogens with zero attached hydrogens (tertiary/aromatic N) is 2. The lowest BCUT2D eigenvalue weighted by Crippen LogP contribution is -2.01. The molecular weight excluding hydrogens is 352 g/mol. The number of benzene rings is 2. The third kappa shape index (κ3) is 3.61. The average molecular weight is 372 g/mol. The van der Waals surface area contributed by atoms with Crippen LogP contribution in [0.4, 0.5) is 11.5 Å². The second-order valence-electron chi connectivity index (χ2n) is 5.24. The van der Waals surface area contributed by atoms with E-state index in [4.69, 9.17) is 14.2 Å². The van der Waals surface area contributed by atoms with Crippen molar-refractivity contribution in [2.45, 2.75) is 4.90 Å². The number of aromatic nitrogens is 2. The lowest BCUT2D eigenvalue weighted by Gasteiger charge is -2.15. The van der Waals surface area contributed by atoms with Crippen molar-refractivity contribution in [3.63, 3.8) is 0 Å². The van der Waals surface area contributed by atoms with Gasteiger partial charge in [0.05, 0.1) is 37.9 Å². The van der Waals surface area contributed by atoms with Crippen LogP contribution >= 0.6 is 11.9 Å². The van der Waals surface area contributed by atoms with Crippen molar-refractivity contribution in [1.29, 1.82) is 0 Å². The van der Waals surface area contributed by atoms with Crippen LogP contribution in [0.3, 0.4) is 0 Å². The van der Waals surface area contributed by atoms with Crippen molar-refractivity contribution in [2.24, 2.45) is 0 Å². The minimum atomic E-state index is 0.624. The summed E-state index contributed by atoms with van der Waals surface area (Å²) in [5.41, 5.74) is 1.52. The Bertz CT molecular complexity index is 920. The number of hydrogen-bond acceptors (Lipinski definition) is 8. The first-order valence-corrected chi connectivity index (χ1v) is 8.67. The van der Waals surface area contributed by atoms with Gasteiger partial charge < -0.3 is 19.5 Å². The Morgan fingerprint density at radius 3 is 2.42 bits per heavy atom. The lowest BCUT2D eigenvalue weighted by molar-refractivity contribution is 0.398. The van der Waals surface area contributed by atoms with E-state index in [2.05, 4.69) is 20.0 Å². The summed E-state index contributed by atoms with van der Waals surface area (Å²) in [5.74, 6) is 2.63. The Kier molecular flexibility index (Phi) is 5.65. The normalized spacial score (nSPS) is 10.6. The van der Waals surface area contributed by atoms with Gasteiger partial charge in [-0.15, -0.1) is 0 Å². The molecule has 0 unspecified atom stereocenters. The maximum atomic E-state index is 5.52. The van der Waals surface area contributed by atoms with Gasteiger partial charge in [-0.2, -0.15) is 0 Å². The number of rotatable bonds is 7. The fourth-order valence-electron chi connectivity index (χ4n) is 2.60. The van der Waals surface area contributed by atoms with E-state index in [0.717, 1.165) is 21.5 Å². The van der Waals surface area contributed by atoms with Gasteiger partial charge in [-0.3, -0.25) is 4.72 Å². The highest BCUT2D eigenvalue weighted by molar-refractivity contribution is 7.97. The molecule has 0 aliphatic rings. The lowest BCUT2D eigenvalue weighted by atomic mass is 10.2. The monoisotopic (exact) mass is 372 g/mol. The Morgan fingerprint density at radius 1 is 0.923 bits per heavy atom. The summed E-state index contributed by atoms with van der Waals surface area (Å²) in [6.45, 7) is 0. The number of anilines is 2. The zero-order valence-corrected chi connectivity index (χ0v) is 15.8. The van der Waals surface area contributed by atoms with Crippen molar-refractivity contribution in [3.8, 4) is 17.2 Å². The summed E-state index contributed by atoms with van der Waals surface area (Å²) in [6, 6.07) is 9.53. The van der Waals surface area contributed by atoms with E-state index in [-0.39, 0.29) is 0 Å². The molecule has 2 aromatic carbocycles. The largest absolute Gasteiger partial charge is 0.497 e. The second-order valence-corrected chi connectivity index (χ2v) is 6.32. The van der Waals surface area contributed by atoms with Gasteiger partial charge in [0.1, 0.15) is 29.4 Å². The molecule has 26 heavy (non-hydrogen) atoms. The van der Waals surface area contributed by atoms with E-state index in [0.29, 0.717) is 23.1 Å². The third-order valence-electron chi connectivity index (χ3n) is 3.77. The van der Waals surface area contributed by atoms with Crippen molar-refractivity contribution in [1.82, 2.24) is 14.7 Å². The Hall–Kier alpha value is -2.71. The topological polar surface area (TPSA) is 77.5 Å². The Morgan fingerprint density at radius 2 is 1.73 bits per heavy atom. The standard InChI is InChI=1S/C18H20N4O3S/c1-19-26-12-5-6-15(24-3)13(9-12)22-18-17-14(20-10-21-18)7-11(23-2)8-16(17)25-4/h5-10,19H,1-4H3,(H,20,21,22). The Labute approximate surface area is 156 Å². The van der Waals surface area contributed by atoms with Gasteiger partial charge in [0.15, 0.2) is 0 Å². The molecule has 3 rings (SSSR count). The number of fused-ring (bicyclic) bond motifs is 1. The summed E-state index contributed by atoms with van der Waals surface area (Å²) in [6.07, 6.45) is 1.50. The zero-order valence-electron chi connectivity index (χ0n) is 15.0. The van der Waals surface area contributed by atoms with E-state index in [1.165, 1.54) is 18.3 Å². The highest BCUT2D eigenvalue weighted by Gasteiger charge is 2.14. The first-order chi connectivity index (χ1) is 12.7. The summed E-state index contributed by atoms with van der Waals surface area (Å²) in [5, 5.41) is 4.11.